The Labute approximate surface area is 147 Å². The van der Waals surface area contributed by atoms with Crippen LogP contribution in [-0.4, -0.2) is 28.6 Å². The average molecular weight is 338 g/mol. The van der Waals surface area contributed by atoms with Crippen LogP contribution in [0.25, 0.3) is 5.82 Å². The molecule has 1 aromatic carbocycles. The predicted molar refractivity (Wildman–Crippen MR) is 101 cm³/mol. The molecule has 3 rings (SSSR count). The topological polar surface area (TPSA) is 34.0 Å². The van der Waals surface area contributed by atoms with Crippen LogP contribution in [0.4, 0.5) is 5.69 Å². The number of aryl methyl sites for hydroxylation is 2. The van der Waals surface area contributed by atoms with Crippen LogP contribution < -0.4 is 4.90 Å². The van der Waals surface area contributed by atoms with Crippen molar-refractivity contribution in [3.05, 3.63) is 65.6 Å². The Morgan fingerprint density at radius 1 is 1.12 bits per heavy atom. The van der Waals surface area contributed by atoms with Gasteiger partial charge in [0, 0.05) is 43.6 Å². The smallest absolute Gasteiger partial charge is 0.174 e. The molecule has 0 N–H and O–H groups in total. The largest absolute Gasteiger partial charge is 0.377 e. The maximum Gasteiger partial charge on any atom is 0.174 e. The molecule has 124 valence electrons. The lowest BCUT2D eigenvalue weighted by Gasteiger charge is -2.17. The maximum atomic E-state index is 4.64. The van der Waals surface area contributed by atoms with Crippen molar-refractivity contribution < 1.29 is 0 Å². The molecule has 0 saturated carbocycles. The van der Waals surface area contributed by atoms with Crippen LogP contribution in [0.5, 0.6) is 0 Å². The molecule has 0 atom stereocenters. The number of hydrogen-bond acceptors (Lipinski definition) is 4. The van der Waals surface area contributed by atoms with Crippen molar-refractivity contribution in [3.8, 4) is 5.82 Å². The molecule has 0 aliphatic carbocycles. The predicted octanol–water partition coefficient (Wildman–Crippen LogP) is 4.24. The zero-order chi connectivity index (χ0) is 17.1. The monoisotopic (exact) mass is 338 g/mol. The maximum absolute atomic E-state index is 4.64. The first kappa shape index (κ1) is 16.6. The molecule has 24 heavy (non-hydrogen) atoms. The number of anilines is 1. The van der Waals surface area contributed by atoms with Crippen molar-refractivity contribution in [3.63, 3.8) is 0 Å². The SMILES string of the molecule is Cc1cc(C)nc(-n2ccnc2SCc2ccccc2N(C)C)c1. The van der Waals surface area contributed by atoms with E-state index in [1.165, 1.54) is 16.8 Å². The molecule has 2 heterocycles. The van der Waals surface area contributed by atoms with E-state index in [-0.39, 0.29) is 0 Å². The standard InChI is InChI=1S/C19H22N4S/c1-14-11-15(2)21-18(12-14)23-10-9-20-19(23)24-13-16-7-5-6-8-17(16)22(3)4/h5-12H,13H2,1-4H3. The van der Waals surface area contributed by atoms with Crippen LogP contribution in [0.1, 0.15) is 16.8 Å². The highest BCUT2D eigenvalue weighted by Gasteiger charge is 2.10. The van der Waals surface area contributed by atoms with Gasteiger partial charge in [-0.2, -0.15) is 0 Å². The molecule has 0 saturated heterocycles. The van der Waals surface area contributed by atoms with E-state index in [4.69, 9.17) is 0 Å². The van der Waals surface area contributed by atoms with E-state index >= 15 is 0 Å². The number of hydrogen-bond donors (Lipinski definition) is 0. The Morgan fingerprint density at radius 2 is 1.92 bits per heavy atom. The van der Waals surface area contributed by atoms with Gasteiger partial charge in [0.25, 0.3) is 0 Å². The molecule has 0 amide bonds. The Bertz CT molecular complexity index is 819. The van der Waals surface area contributed by atoms with Crippen molar-refractivity contribution in [2.45, 2.75) is 24.8 Å². The zero-order valence-corrected chi connectivity index (χ0v) is 15.3. The summed E-state index contributed by atoms with van der Waals surface area (Å²) >= 11 is 1.73. The fraction of sp³-hybridized carbons (Fsp3) is 0.263. The van der Waals surface area contributed by atoms with Gasteiger partial charge < -0.3 is 4.90 Å². The van der Waals surface area contributed by atoms with Crippen LogP contribution in [0, 0.1) is 13.8 Å². The van der Waals surface area contributed by atoms with E-state index in [1.54, 1.807) is 11.8 Å². The van der Waals surface area contributed by atoms with Crippen LogP contribution in [-0.2, 0) is 5.75 Å². The third-order valence-corrected chi connectivity index (χ3v) is 4.78. The van der Waals surface area contributed by atoms with Gasteiger partial charge in [-0.1, -0.05) is 30.0 Å². The first-order valence-corrected chi connectivity index (χ1v) is 8.90. The number of aromatic nitrogens is 3. The lowest BCUT2D eigenvalue weighted by Crippen LogP contribution is -2.10. The fourth-order valence-corrected chi connectivity index (χ4v) is 3.68. The lowest BCUT2D eigenvalue weighted by molar-refractivity contribution is 0.855. The first-order valence-electron chi connectivity index (χ1n) is 7.91. The molecule has 0 unspecified atom stereocenters. The second-order valence-corrected chi connectivity index (χ2v) is 6.98. The summed E-state index contributed by atoms with van der Waals surface area (Å²) in [6.07, 6.45) is 3.81. The Kier molecular flexibility index (Phi) is 4.90. The van der Waals surface area contributed by atoms with Crippen molar-refractivity contribution in [2.24, 2.45) is 0 Å². The highest BCUT2D eigenvalue weighted by atomic mass is 32.2. The molecule has 5 heteroatoms. The first-order chi connectivity index (χ1) is 11.5. The summed E-state index contributed by atoms with van der Waals surface area (Å²) in [4.78, 5) is 11.3. The highest BCUT2D eigenvalue weighted by molar-refractivity contribution is 7.98. The third-order valence-electron chi connectivity index (χ3n) is 3.77. The van der Waals surface area contributed by atoms with Gasteiger partial charge in [0.1, 0.15) is 5.82 Å². The van der Waals surface area contributed by atoms with Crippen LogP contribution in [0.3, 0.4) is 0 Å². The summed E-state index contributed by atoms with van der Waals surface area (Å²) in [5.41, 5.74) is 4.77. The van der Waals surface area contributed by atoms with Crippen molar-refractivity contribution >= 4 is 17.4 Å². The van der Waals surface area contributed by atoms with Crippen LogP contribution in [0.2, 0.25) is 0 Å². The minimum absolute atomic E-state index is 0.871. The minimum Gasteiger partial charge on any atom is -0.377 e. The molecule has 0 aliphatic rings. The molecule has 0 radical (unpaired) electrons. The van der Waals surface area contributed by atoms with Crippen LogP contribution >= 0.6 is 11.8 Å². The van der Waals surface area contributed by atoms with E-state index in [9.17, 15) is 0 Å². The molecule has 0 fully saturated rings. The van der Waals surface area contributed by atoms with Crippen LogP contribution in [0.15, 0.2) is 53.9 Å². The van der Waals surface area contributed by atoms with Gasteiger partial charge in [0.05, 0.1) is 0 Å². The summed E-state index contributed by atoms with van der Waals surface area (Å²) < 4.78 is 2.06. The lowest BCUT2D eigenvalue weighted by atomic mass is 10.2. The number of pyridine rings is 1. The third kappa shape index (κ3) is 3.62. The molecule has 4 nitrogen and oxygen atoms in total. The summed E-state index contributed by atoms with van der Waals surface area (Å²) in [6.45, 7) is 4.11. The van der Waals surface area contributed by atoms with Gasteiger partial charge in [-0.15, -0.1) is 0 Å². The van der Waals surface area contributed by atoms with E-state index < -0.39 is 0 Å². The van der Waals surface area contributed by atoms with Gasteiger partial charge in [-0.3, -0.25) is 4.57 Å². The van der Waals surface area contributed by atoms with Gasteiger partial charge >= 0.3 is 0 Å². The van der Waals surface area contributed by atoms with Crippen molar-refractivity contribution in [1.29, 1.82) is 0 Å². The number of thioether (sulfide) groups is 1. The Morgan fingerprint density at radius 3 is 2.67 bits per heavy atom. The van der Waals surface area contributed by atoms with Gasteiger partial charge in [0.15, 0.2) is 5.16 Å². The molecule has 2 aromatic heterocycles. The molecule has 0 bridgehead atoms. The average Bonchev–Trinajstić information content (AvgIpc) is 3.00. The minimum atomic E-state index is 0.871. The zero-order valence-electron chi connectivity index (χ0n) is 14.5. The molecule has 3 aromatic rings. The Balaban J connectivity index is 1.84. The van der Waals surface area contributed by atoms with Gasteiger partial charge in [-0.05, 0) is 43.2 Å². The summed E-state index contributed by atoms with van der Waals surface area (Å²) in [5.74, 6) is 1.80. The summed E-state index contributed by atoms with van der Waals surface area (Å²) in [7, 11) is 4.15. The second-order valence-electron chi connectivity index (χ2n) is 6.04. The van der Waals surface area contributed by atoms with E-state index in [2.05, 4.69) is 76.9 Å². The number of rotatable bonds is 5. The number of para-hydroxylation sites is 1. The van der Waals surface area contributed by atoms with Crippen molar-refractivity contribution in [1.82, 2.24) is 14.5 Å². The second kappa shape index (κ2) is 7.09. The Hall–Kier alpha value is -2.27. The van der Waals surface area contributed by atoms with E-state index in [1.807, 2.05) is 19.3 Å². The molecular weight excluding hydrogens is 316 g/mol. The number of nitrogens with zero attached hydrogens (tertiary/aromatic N) is 4. The van der Waals surface area contributed by atoms with Crippen molar-refractivity contribution in [2.75, 3.05) is 19.0 Å². The number of benzene rings is 1. The summed E-state index contributed by atoms with van der Waals surface area (Å²) in [5, 5.41) is 0.959. The van der Waals surface area contributed by atoms with Gasteiger partial charge in [0.2, 0.25) is 0 Å². The van der Waals surface area contributed by atoms with Gasteiger partial charge in [-0.25, -0.2) is 9.97 Å². The summed E-state index contributed by atoms with van der Waals surface area (Å²) in [6, 6.07) is 12.6. The highest BCUT2D eigenvalue weighted by Crippen LogP contribution is 2.28. The van der Waals surface area contributed by atoms with E-state index in [0.717, 1.165) is 22.4 Å². The quantitative estimate of drug-likeness (QED) is 0.652. The normalized spacial score (nSPS) is 10.8. The van der Waals surface area contributed by atoms with E-state index in [0.29, 0.717) is 0 Å². The fourth-order valence-electron chi connectivity index (χ4n) is 2.73. The molecule has 0 aliphatic heterocycles. The molecule has 0 spiro atoms. The number of imidazole rings is 1. The molecular formula is C19H22N4S.